The van der Waals surface area contributed by atoms with Crippen molar-refractivity contribution < 1.29 is 14.3 Å². The first-order chi connectivity index (χ1) is 10.5. The Morgan fingerprint density at radius 3 is 2.77 bits per heavy atom. The van der Waals surface area contributed by atoms with Crippen molar-refractivity contribution in [2.24, 2.45) is 0 Å². The number of likely N-dealkylation sites (N-methyl/N-ethyl adjacent to an activating group) is 2. The van der Waals surface area contributed by atoms with Crippen molar-refractivity contribution in [1.82, 2.24) is 15.1 Å². The van der Waals surface area contributed by atoms with Gasteiger partial charge >= 0.3 is 6.03 Å². The summed E-state index contributed by atoms with van der Waals surface area (Å²) in [4.78, 5) is 16.3. The molecule has 1 fully saturated rings. The smallest absolute Gasteiger partial charge is 0.317 e. The van der Waals surface area contributed by atoms with Gasteiger partial charge in [0, 0.05) is 37.8 Å². The molecule has 0 saturated carbocycles. The van der Waals surface area contributed by atoms with Crippen molar-refractivity contribution in [2.75, 3.05) is 41.4 Å². The van der Waals surface area contributed by atoms with E-state index < -0.39 is 0 Å². The van der Waals surface area contributed by atoms with Crippen molar-refractivity contribution in [2.45, 2.75) is 19.0 Å². The van der Waals surface area contributed by atoms with Crippen LogP contribution in [0.1, 0.15) is 12.0 Å². The van der Waals surface area contributed by atoms with E-state index in [1.807, 2.05) is 25.2 Å². The van der Waals surface area contributed by atoms with Crippen molar-refractivity contribution in [3.05, 3.63) is 23.8 Å². The van der Waals surface area contributed by atoms with Crippen LogP contribution < -0.4 is 14.8 Å². The van der Waals surface area contributed by atoms with Gasteiger partial charge in [-0.15, -0.1) is 0 Å². The first-order valence-corrected chi connectivity index (χ1v) is 7.45. The molecule has 0 spiro atoms. The van der Waals surface area contributed by atoms with Crippen LogP contribution in [-0.4, -0.2) is 63.3 Å². The number of carbonyl (C=O) groups excluding carboxylic acids is 1. The average Bonchev–Trinajstić information content (AvgIpc) is 2.98. The summed E-state index contributed by atoms with van der Waals surface area (Å²) in [6.45, 7) is 2.39. The molecular weight excluding hydrogens is 282 g/mol. The Bertz CT molecular complexity index is 521. The number of nitrogens with one attached hydrogen (secondary N) is 1. The highest BCUT2D eigenvalue weighted by Gasteiger charge is 2.26. The maximum absolute atomic E-state index is 12.3. The van der Waals surface area contributed by atoms with Crippen LogP contribution in [0.15, 0.2) is 18.2 Å². The highest BCUT2D eigenvalue weighted by atomic mass is 16.5. The fourth-order valence-electron chi connectivity index (χ4n) is 2.69. The van der Waals surface area contributed by atoms with E-state index in [2.05, 4.69) is 17.3 Å². The van der Waals surface area contributed by atoms with E-state index in [-0.39, 0.29) is 12.1 Å². The SMILES string of the molecule is COc1ccc(CNC(=O)N(C)C2CCN(C)C2)c(OC)c1. The minimum Gasteiger partial charge on any atom is -0.497 e. The molecule has 1 unspecified atom stereocenters. The summed E-state index contributed by atoms with van der Waals surface area (Å²) >= 11 is 0. The molecule has 1 saturated heterocycles. The molecule has 1 heterocycles. The Kier molecular flexibility index (Phi) is 5.49. The van der Waals surface area contributed by atoms with E-state index in [9.17, 15) is 4.79 Å². The molecule has 2 amide bonds. The molecule has 122 valence electrons. The third-order valence-corrected chi connectivity index (χ3v) is 4.16. The van der Waals surface area contributed by atoms with Gasteiger partial charge in [0.1, 0.15) is 11.5 Å². The van der Waals surface area contributed by atoms with Gasteiger partial charge < -0.3 is 24.6 Å². The van der Waals surface area contributed by atoms with Crippen LogP contribution in [0.2, 0.25) is 0 Å². The fourth-order valence-corrected chi connectivity index (χ4v) is 2.69. The number of amides is 2. The molecule has 1 aromatic rings. The molecule has 1 aromatic carbocycles. The van der Waals surface area contributed by atoms with Crippen LogP contribution in [-0.2, 0) is 6.54 Å². The third kappa shape index (κ3) is 3.82. The minimum atomic E-state index is -0.0572. The number of nitrogens with zero attached hydrogens (tertiary/aromatic N) is 2. The maximum atomic E-state index is 12.3. The van der Waals surface area contributed by atoms with Crippen LogP contribution in [0.3, 0.4) is 0 Å². The van der Waals surface area contributed by atoms with Gasteiger partial charge in [0.2, 0.25) is 0 Å². The van der Waals surface area contributed by atoms with Gasteiger partial charge in [-0.05, 0) is 32.1 Å². The lowest BCUT2D eigenvalue weighted by Gasteiger charge is -2.25. The van der Waals surface area contributed by atoms with Crippen LogP contribution in [0.4, 0.5) is 4.79 Å². The summed E-state index contributed by atoms with van der Waals surface area (Å²) < 4.78 is 10.5. The molecule has 2 rings (SSSR count). The molecule has 1 N–H and O–H groups in total. The number of hydrogen-bond acceptors (Lipinski definition) is 4. The minimum absolute atomic E-state index is 0.0572. The summed E-state index contributed by atoms with van der Waals surface area (Å²) in [6, 6.07) is 5.80. The lowest BCUT2D eigenvalue weighted by atomic mass is 10.2. The van der Waals surface area contributed by atoms with E-state index in [4.69, 9.17) is 9.47 Å². The van der Waals surface area contributed by atoms with Crippen LogP contribution in [0.5, 0.6) is 11.5 Å². The van der Waals surface area contributed by atoms with Crippen LogP contribution >= 0.6 is 0 Å². The molecule has 6 nitrogen and oxygen atoms in total. The number of hydrogen-bond donors (Lipinski definition) is 1. The lowest BCUT2D eigenvalue weighted by molar-refractivity contribution is 0.190. The Morgan fingerprint density at radius 2 is 2.18 bits per heavy atom. The molecule has 0 aliphatic carbocycles. The van der Waals surface area contributed by atoms with Crippen molar-refractivity contribution in [3.63, 3.8) is 0 Å². The van der Waals surface area contributed by atoms with Gasteiger partial charge in [-0.1, -0.05) is 0 Å². The average molecular weight is 307 g/mol. The van der Waals surface area contributed by atoms with E-state index in [0.29, 0.717) is 12.3 Å². The summed E-state index contributed by atoms with van der Waals surface area (Å²) in [6.07, 6.45) is 1.02. The Morgan fingerprint density at radius 1 is 1.41 bits per heavy atom. The Hall–Kier alpha value is -1.95. The summed E-state index contributed by atoms with van der Waals surface area (Å²) in [5.41, 5.74) is 0.925. The number of rotatable bonds is 5. The Balaban J connectivity index is 1.93. The third-order valence-electron chi connectivity index (χ3n) is 4.16. The van der Waals surface area contributed by atoms with Crippen LogP contribution in [0.25, 0.3) is 0 Å². The largest absolute Gasteiger partial charge is 0.497 e. The standard InChI is InChI=1S/C16H25N3O3/c1-18-8-7-13(11-18)19(2)16(20)17-10-12-5-6-14(21-3)9-15(12)22-4/h5-6,9,13H,7-8,10-11H2,1-4H3,(H,17,20). The van der Waals surface area contributed by atoms with Crippen LogP contribution in [0, 0.1) is 0 Å². The second kappa shape index (κ2) is 7.35. The van der Waals surface area contributed by atoms with E-state index in [1.165, 1.54) is 0 Å². The zero-order valence-electron chi connectivity index (χ0n) is 13.8. The number of carbonyl (C=O) groups is 1. The Labute approximate surface area is 132 Å². The monoisotopic (exact) mass is 307 g/mol. The predicted octanol–water partition coefficient (Wildman–Crippen LogP) is 1.55. The number of methoxy groups -OCH3 is 2. The van der Waals surface area contributed by atoms with Gasteiger partial charge in [0.15, 0.2) is 0 Å². The molecule has 1 aliphatic heterocycles. The number of ether oxygens (including phenoxy) is 2. The molecule has 0 bridgehead atoms. The molecule has 1 aliphatic rings. The fraction of sp³-hybridized carbons (Fsp3) is 0.562. The zero-order chi connectivity index (χ0) is 16.1. The van der Waals surface area contributed by atoms with Gasteiger partial charge in [-0.3, -0.25) is 0 Å². The second-order valence-electron chi connectivity index (χ2n) is 5.65. The van der Waals surface area contributed by atoms with Gasteiger partial charge in [-0.25, -0.2) is 4.79 Å². The topological polar surface area (TPSA) is 54.0 Å². The lowest BCUT2D eigenvalue weighted by Crippen LogP contribution is -2.44. The summed E-state index contributed by atoms with van der Waals surface area (Å²) in [7, 11) is 7.16. The van der Waals surface area contributed by atoms with Gasteiger partial charge in [0.05, 0.1) is 14.2 Å². The summed E-state index contributed by atoms with van der Waals surface area (Å²) in [5.74, 6) is 1.45. The van der Waals surface area contributed by atoms with E-state index >= 15 is 0 Å². The van der Waals surface area contributed by atoms with Crippen molar-refractivity contribution >= 4 is 6.03 Å². The first-order valence-electron chi connectivity index (χ1n) is 7.45. The second-order valence-corrected chi connectivity index (χ2v) is 5.65. The zero-order valence-corrected chi connectivity index (χ0v) is 13.8. The van der Waals surface area contributed by atoms with Gasteiger partial charge in [0.25, 0.3) is 0 Å². The number of benzene rings is 1. The molecule has 1 atom stereocenters. The van der Waals surface area contributed by atoms with E-state index in [1.54, 1.807) is 19.1 Å². The number of urea groups is 1. The quantitative estimate of drug-likeness (QED) is 0.897. The number of likely N-dealkylation sites (tertiary alicyclic amines) is 1. The van der Waals surface area contributed by atoms with Gasteiger partial charge in [-0.2, -0.15) is 0 Å². The maximum Gasteiger partial charge on any atom is 0.317 e. The molecule has 0 aromatic heterocycles. The molecule has 6 heteroatoms. The molecule has 0 radical (unpaired) electrons. The highest BCUT2D eigenvalue weighted by molar-refractivity contribution is 5.74. The van der Waals surface area contributed by atoms with Crippen molar-refractivity contribution in [3.8, 4) is 11.5 Å². The molecule has 22 heavy (non-hydrogen) atoms. The first kappa shape index (κ1) is 16.4. The predicted molar refractivity (Wildman–Crippen MR) is 85.4 cm³/mol. The van der Waals surface area contributed by atoms with E-state index in [0.717, 1.165) is 30.8 Å². The van der Waals surface area contributed by atoms with Crippen molar-refractivity contribution in [1.29, 1.82) is 0 Å². The molecular formula is C16H25N3O3. The summed E-state index contributed by atoms with van der Waals surface area (Å²) in [5, 5.41) is 2.95. The normalized spacial score (nSPS) is 18.1. The highest BCUT2D eigenvalue weighted by Crippen LogP contribution is 2.24.